The van der Waals surface area contributed by atoms with Crippen LogP contribution < -0.4 is 4.90 Å². The number of aromatic nitrogens is 1. The van der Waals surface area contributed by atoms with Crippen molar-refractivity contribution in [3.8, 4) is 0 Å². The summed E-state index contributed by atoms with van der Waals surface area (Å²) < 4.78 is 13.0. The second-order valence-electron chi connectivity index (χ2n) is 4.24. The van der Waals surface area contributed by atoms with Crippen molar-refractivity contribution in [2.45, 2.75) is 6.42 Å². The largest absolute Gasteiger partial charge is 0.395 e. The number of nitrogens with zero attached hydrogens (tertiary/aromatic N) is 3. The molecule has 0 atom stereocenters. The third-order valence-corrected chi connectivity index (χ3v) is 3.08. The fourth-order valence-corrected chi connectivity index (χ4v) is 2.18. The third kappa shape index (κ3) is 3.38. The number of halogens is 1. The lowest BCUT2D eigenvalue weighted by Gasteiger charge is -2.23. The van der Waals surface area contributed by atoms with Gasteiger partial charge in [0.2, 0.25) is 5.95 Å². The minimum absolute atomic E-state index is 0.198. The number of anilines is 1. The monoisotopic (exact) mass is 239 g/mol. The minimum Gasteiger partial charge on any atom is -0.395 e. The highest BCUT2D eigenvalue weighted by atomic mass is 19.1. The van der Waals surface area contributed by atoms with Crippen molar-refractivity contribution in [3.05, 3.63) is 24.3 Å². The van der Waals surface area contributed by atoms with E-state index in [1.165, 1.54) is 12.3 Å². The molecule has 1 aliphatic rings. The molecule has 4 nitrogen and oxygen atoms in total. The quantitative estimate of drug-likeness (QED) is 0.789. The molecular formula is C12H18FN3O. The van der Waals surface area contributed by atoms with Crippen LogP contribution in [0.15, 0.2) is 18.3 Å². The summed E-state index contributed by atoms with van der Waals surface area (Å²) in [5, 5.41) is 8.92. The molecule has 2 heterocycles. The number of pyridine rings is 1. The van der Waals surface area contributed by atoms with Crippen LogP contribution in [0.5, 0.6) is 0 Å². The Morgan fingerprint density at radius 3 is 2.94 bits per heavy atom. The Hall–Kier alpha value is -1.20. The third-order valence-electron chi connectivity index (χ3n) is 3.08. The van der Waals surface area contributed by atoms with E-state index in [1.807, 2.05) is 6.07 Å². The van der Waals surface area contributed by atoms with Crippen molar-refractivity contribution in [1.82, 2.24) is 9.88 Å². The van der Waals surface area contributed by atoms with Gasteiger partial charge in [0, 0.05) is 44.1 Å². The van der Waals surface area contributed by atoms with Crippen LogP contribution in [0.4, 0.5) is 10.1 Å². The van der Waals surface area contributed by atoms with Gasteiger partial charge in [-0.2, -0.15) is 4.39 Å². The Morgan fingerprint density at radius 1 is 1.29 bits per heavy atom. The number of aliphatic hydroxyl groups excluding tert-OH is 1. The van der Waals surface area contributed by atoms with Gasteiger partial charge in [-0.1, -0.05) is 0 Å². The number of hydrogen-bond acceptors (Lipinski definition) is 4. The SMILES string of the molecule is OCCN1CCCN(c2ccnc(F)c2)CC1. The zero-order valence-electron chi connectivity index (χ0n) is 9.85. The molecule has 1 saturated heterocycles. The predicted molar refractivity (Wildman–Crippen MR) is 64.6 cm³/mol. The fraction of sp³-hybridized carbons (Fsp3) is 0.583. The highest BCUT2D eigenvalue weighted by Gasteiger charge is 2.14. The lowest BCUT2D eigenvalue weighted by molar-refractivity contribution is 0.204. The zero-order valence-corrected chi connectivity index (χ0v) is 9.85. The van der Waals surface area contributed by atoms with E-state index in [1.54, 1.807) is 0 Å². The first kappa shape index (κ1) is 12.3. The van der Waals surface area contributed by atoms with Crippen LogP contribution in [0.1, 0.15) is 6.42 Å². The molecule has 2 rings (SSSR count). The van der Waals surface area contributed by atoms with E-state index < -0.39 is 5.95 Å². The second-order valence-corrected chi connectivity index (χ2v) is 4.24. The molecule has 1 fully saturated rings. The van der Waals surface area contributed by atoms with Gasteiger partial charge in [0.15, 0.2) is 0 Å². The van der Waals surface area contributed by atoms with Gasteiger partial charge in [0.05, 0.1) is 6.61 Å². The van der Waals surface area contributed by atoms with Gasteiger partial charge in [-0.15, -0.1) is 0 Å². The zero-order chi connectivity index (χ0) is 12.1. The molecule has 0 amide bonds. The van der Waals surface area contributed by atoms with E-state index in [9.17, 15) is 4.39 Å². The summed E-state index contributed by atoms with van der Waals surface area (Å²) in [5.74, 6) is -0.432. The minimum atomic E-state index is -0.432. The van der Waals surface area contributed by atoms with Gasteiger partial charge >= 0.3 is 0 Å². The number of rotatable bonds is 3. The van der Waals surface area contributed by atoms with Crippen LogP contribution in [-0.2, 0) is 0 Å². The molecule has 0 aromatic carbocycles. The molecule has 0 bridgehead atoms. The summed E-state index contributed by atoms with van der Waals surface area (Å²) in [6, 6.07) is 3.31. The molecule has 1 aliphatic heterocycles. The summed E-state index contributed by atoms with van der Waals surface area (Å²) in [6.07, 6.45) is 2.53. The van der Waals surface area contributed by atoms with E-state index in [0.717, 1.165) is 44.8 Å². The van der Waals surface area contributed by atoms with Crippen LogP contribution >= 0.6 is 0 Å². The molecular weight excluding hydrogens is 221 g/mol. The summed E-state index contributed by atoms with van der Waals surface area (Å²) in [4.78, 5) is 7.97. The lowest BCUT2D eigenvalue weighted by atomic mass is 10.3. The molecule has 0 spiro atoms. The van der Waals surface area contributed by atoms with Crippen molar-refractivity contribution in [3.63, 3.8) is 0 Å². The van der Waals surface area contributed by atoms with Gasteiger partial charge < -0.3 is 10.0 Å². The van der Waals surface area contributed by atoms with Gasteiger partial charge in [0.1, 0.15) is 0 Å². The van der Waals surface area contributed by atoms with Gasteiger partial charge in [-0.05, 0) is 19.0 Å². The average Bonchev–Trinajstić information content (AvgIpc) is 2.55. The van der Waals surface area contributed by atoms with Crippen LogP contribution in [0, 0.1) is 5.95 Å². The number of aliphatic hydroxyl groups is 1. The molecule has 0 radical (unpaired) electrons. The van der Waals surface area contributed by atoms with E-state index >= 15 is 0 Å². The standard InChI is InChI=1S/C12H18FN3O/c13-12-10-11(2-3-14-12)16-5-1-4-15(6-7-16)8-9-17/h2-3,10,17H,1,4-9H2. The maximum atomic E-state index is 13.0. The second kappa shape index (κ2) is 5.93. The summed E-state index contributed by atoms with van der Waals surface area (Å²) in [7, 11) is 0. The molecule has 94 valence electrons. The predicted octanol–water partition coefficient (Wildman–Crippen LogP) is 0.725. The molecule has 0 aliphatic carbocycles. The van der Waals surface area contributed by atoms with Crippen molar-refractivity contribution in [2.75, 3.05) is 44.2 Å². The van der Waals surface area contributed by atoms with Gasteiger partial charge in [-0.25, -0.2) is 4.98 Å². The van der Waals surface area contributed by atoms with Gasteiger partial charge in [0.25, 0.3) is 0 Å². The van der Waals surface area contributed by atoms with E-state index in [2.05, 4.69) is 14.8 Å². The summed E-state index contributed by atoms with van der Waals surface area (Å²) in [5.41, 5.74) is 0.892. The molecule has 0 unspecified atom stereocenters. The normalized spacial score (nSPS) is 18.1. The molecule has 0 saturated carbocycles. The Bertz CT molecular complexity index is 361. The molecule has 1 aromatic rings. The fourth-order valence-electron chi connectivity index (χ4n) is 2.18. The Morgan fingerprint density at radius 2 is 2.18 bits per heavy atom. The van der Waals surface area contributed by atoms with E-state index in [-0.39, 0.29) is 6.61 Å². The number of hydrogen-bond donors (Lipinski definition) is 1. The van der Waals surface area contributed by atoms with Crippen molar-refractivity contribution >= 4 is 5.69 Å². The van der Waals surface area contributed by atoms with E-state index in [0.29, 0.717) is 0 Å². The highest BCUT2D eigenvalue weighted by Crippen LogP contribution is 2.16. The van der Waals surface area contributed by atoms with Crippen LogP contribution in [0.3, 0.4) is 0 Å². The maximum absolute atomic E-state index is 13.0. The molecule has 1 N–H and O–H groups in total. The Balaban J connectivity index is 1.99. The van der Waals surface area contributed by atoms with Crippen LogP contribution in [0.2, 0.25) is 0 Å². The summed E-state index contributed by atoms with van der Waals surface area (Å²) >= 11 is 0. The highest BCUT2D eigenvalue weighted by molar-refractivity contribution is 5.45. The van der Waals surface area contributed by atoms with Gasteiger partial charge in [-0.3, -0.25) is 4.90 Å². The molecule has 1 aromatic heterocycles. The van der Waals surface area contributed by atoms with Crippen molar-refractivity contribution in [2.24, 2.45) is 0 Å². The maximum Gasteiger partial charge on any atom is 0.214 e. The summed E-state index contributed by atoms with van der Waals surface area (Å²) in [6.45, 7) is 4.60. The van der Waals surface area contributed by atoms with Crippen molar-refractivity contribution in [1.29, 1.82) is 0 Å². The van der Waals surface area contributed by atoms with E-state index in [4.69, 9.17) is 5.11 Å². The molecule has 17 heavy (non-hydrogen) atoms. The first-order valence-electron chi connectivity index (χ1n) is 5.99. The van der Waals surface area contributed by atoms with Crippen LogP contribution in [-0.4, -0.2) is 54.3 Å². The van der Waals surface area contributed by atoms with Crippen LogP contribution in [0.25, 0.3) is 0 Å². The average molecular weight is 239 g/mol. The topological polar surface area (TPSA) is 39.6 Å². The number of β-amino-alcohol motifs (C(OH)–C–C–N with tert-alkyl or cyclic N) is 1. The Labute approximate surface area is 101 Å². The molecule has 5 heteroatoms. The smallest absolute Gasteiger partial charge is 0.214 e. The first-order valence-corrected chi connectivity index (χ1v) is 5.99. The Kier molecular flexibility index (Phi) is 4.28. The lowest BCUT2D eigenvalue weighted by Crippen LogP contribution is -2.32. The first-order chi connectivity index (χ1) is 8.29. The van der Waals surface area contributed by atoms with Crippen molar-refractivity contribution < 1.29 is 9.50 Å².